The van der Waals surface area contributed by atoms with Gasteiger partial charge in [0.05, 0.1) is 5.02 Å². The molecule has 0 saturated carbocycles. The number of amidine groups is 1. The van der Waals surface area contributed by atoms with Crippen LogP contribution in [0.5, 0.6) is 0 Å². The van der Waals surface area contributed by atoms with Crippen LogP contribution in [0, 0.1) is 11.2 Å². The Kier molecular flexibility index (Phi) is 11.8. The fourth-order valence-corrected chi connectivity index (χ4v) is 4.64. The van der Waals surface area contributed by atoms with Crippen LogP contribution in [-0.2, 0) is 0 Å². The van der Waals surface area contributed by atoms with E-state index >= 15 is 0 Å². The van der Waals surface area contributed by atoms with Gasteiger partial charge in [-0.25, -0.2) is 4.39 Å². The van der Waals surface area contributed by atoms with Gasteiger partial charge in [0.15, 0.2) is 0 Å². The van der Waals surface area contributed by atoms with Gasteiger partial charge in [-0.1, -0.05) is 43.2 Å². The molecule has 1 amide bonds. The number of allylic oxidation sites excluding steroid dienone is 6. The summed E-state index contributed by atoms with van der Waals surface area (Å²) in [7, 11) is 3.24. The molecule has 0 spiro atoms. The maximum Gasteiger partial charge on any atom is 0.253 e. The van der Waals surface area contributed by atoms with Crippen LogP contribution in [-0.4, -0.2) is 55.3 Å². The SMILES string of the molecule is CC.CC1=C(/C=C(\C)CN2CC=C(c3c(F)cc(C(=O)N(C)C)cc3Cl)CC2)/C(=C(N)\C=C/C(=N)N)C=CN1. The van der Waals surface area contributed by atoms with Gasteiger partial charge in [0.2, 0.25) is 0 Å². The van der Waals surface area contributed by atoms with Crippen LogP contribution in [0.3, 0.4) is 0 Å². The lowest BCUT2D eigenvalue weighted by Crippen LogP contribution is -2.30. The summed E-state index contributed by atoms with van der Waals surface area (Å²) >= 11 is 6.41. The normalized spacial score (nSPS) is 17.3. The number of nitrogens with zero attached hydrogens (tertiary/aromatic N) is 2. The average Bonchev–Trinajstić information content (AvgIpc) is 2.89. The van der Waals surface area contributed by atoms with Gasteiger partial charge in [0.25, 0.3) is 5.91 Å². The largest absolute Gasteiger partial charge is 0.398 e. The van der Waals surface area contributed by atoms with E-state index < -0.39 is 5.82 Å². The number of dihydropyridines is 1. The lowest BCUT2D eigenvalue weighted by molar-refractivity contribution is 0.0827. The number of carbonyl (C=O) groups is 1. The van der Waals surface area contributed by atoms with Crippen LogP contribution in [0.1, 0.15) is 50.0 Å². The van der Waals surface area contributed by atoms with E-state index in [2.05, 4.69) is 23.2 Å². The molecule has 2 heterocycles. The third kappa shape index (κ3) is 8.43. The second kappa shape index (κ2) is 14.5. The number of benzene rings is 1. The van der Waals surface area contributed by atoms with E-state index in [1.54, 1.807) is 20.2 Å². The van der Waals surface area contributed by atoms with Gasteiger partial charge in [-0.15, -0.1) is 0 Å². The monoisotopic (exact) mass is 554 g/mol. The van der Waals surface area contributed by atoms with Crippen molar-refractivity contribution in [2.24, 2.45) is 11.5 Å². The lowest BCUT2D eigenvalue weighted by Gasteiger charge is -2.27. The van der Waals surface area contributed by atoms with Gasteiger partial charge in [-0.3, -0.25) is 15.1 Å². The zero-order chi connectivity index (χ0) is 29.3. The first-order chi connectivity index (χ1) is 18.5. The van der Waals surface area contributed by atoms with Gasteiger partial charge in [-0.05, 0) is 56.2 Å². The highest BCUT2D eigenvalue weighted by atomic mass is 35.5. The Morgan fingerprint density at radius 2 is 1.95 bits per heavy atom. The molecule has 0 unspecified atom stereocenters. The molecule has 0 aromatic heterocycles. The quantitative estimate of drug-likeness (QED) is 0.268. The zero-order valence-electron chi connectivity index (χ0n) is 23.7. The molecule has 9 heteroatoms. The predicted octanol–water partition coefficient (Wildman–Crippen LogP) is 5.34. The van der Waals surface area contributed by atoms with Gasteiger partial charge in [0, 0.05) is 73.6 Å². The van der Waals surface area contributed by atoms with Crippen molar-refractivity contribution in [3.05, 3.63) is 98.8 Å². The van der Waals surface area contributed by atoms with Gasteiger partial charge in [-0.2, -0.15) is 0 Å². The van der Waals surface area contributed by atoms with Crippen LogP contribution in [0.15, 0.2) is 76.8 Å². The minimum Gasteiger partial charge on any atom is -0.398 e. The smallest absolute Gasteiger partial charge is 0.253 e. The molecule has 39 heavy (non-hydrogen) atoms. The van der Waals surface area contributed by atoms with Crippen molar-refractivity contribution in [3.8, 4) is 0 Å². The molecule has 210 valence electrons. The number of halogens is 2. The maximum absolute atomic E-state index is 15.0. The highest BCUT2D eigenvalue weighted by Gasteiger charge is 2.21. The summed E-state index contributed by atoms with van der Waals surface area (Å²) in [5, 5.41) is 10.9. The predicted molar refractivity (Wildman–Crippen MR) is 161 cm³/mol. The van der Waals surface area contributed by atoms with Crippen molar-refractivity contribution >= 4 is 28.9 Å². The summed E-state index contributed by atoms with van der Waals surface area (Å²) < 4.78 is 15.0. The minimum absolute atomic E-state index is 0.0628. The zero-order valence-corrected chi connectivity index (χ0v) is 24.4. The fourth-order valence-electron chi connectivity index (χ4n) is 4.31. The second-order valence-electron chi connectivity index (χ2n) is 9.39. The summed E-state index contributed by atoms with van der Waals surface area (Å²) in [6.07, 6.45) is 11.6. The number of carbonyl (C=O) groups excluding carboxylic acids is 1. The van der Waals surface area contributed by atoms with Crippen molar-refractivity contribution in [1.29, 1.82) is 5.41 Å². The summed E-state index contributed by atoms with van der Waals surface area (Å²) in [4.78, 5) is 15.9. The molecule has 2 aliphatic heterocycles. The number of hydrogen-bond donors (Lipinski definition) is 4. The molecule has 1 aromatic rings. The van der Waals surface area contributed by atoms with E-state index in [9.17, 15) is 9.18 Å². The van der Waals surface area contributed by atoms with Gasteiger partial charge < -0.3 is 21.7 Å². The number of hydrogen-bond acceptors (Lipinski definition) is 5. The molecule has 0 aliphatic carbocycles. The third-order valence-corrected chi connectivity index (χ3v) is 6.47. The van der Waals surface area contributed by atoms with Crippen molar-refractivity contribution < 1.29 is 9.18 Å². The first kappa shape index (κ1) is 31.6. The first-order valence-electron chi connectivity index (χ1n) is 12.9. The van der Waals surface area contributed by atoms with Crippen LogP contribution in [0.4, 0.5) is 4.39 Å². The van der Waals surface area contributed by atoms with Crippen LogP contribution >= 0.6 is 11.6 Å². The van der Waals surface area contributed by atoms with Crippen molar-refractivity contribution in [1.82, 2.24) is 15.1 Å². The molecular weight excluding hydrogens is 515 g/mol. The molecule has 0 bridgehead atoms. The molecule has 6 N–H and O–H groups in total. The van der Waals surface area contributed by atoms with Gasteiger partial charge in [0.1, 0.15) is 11.7 Å². The number of nitrogens with two attached hydrogens (primary N) is 2. The Morgan fingerprint density at radius 3 is 2.51 bits per heavy atom. The molecule has 0 radical (unpaired) electrons. The molecular formula is C30H40ClFN6O. The maximum atomic E-state index is 15.0. The molecule has 0 saturated heterocycles. The van der Waals surface area contributed by atoms with Gasteiger partial charge >= 0.3 is 0 Å². The molecule has 2 aliphatic rings. The van der Waals surface area contributed by atoms with E-state index in [1.807, 2.05) is 39.1 Å². The number of rotatable bonds is 7. The molecule has 1 aromatic carbocycles. The van der Waals surface area contributed by atoms with E-state index in [0.717, 1.165) is 41.1 Å². The van der Waals surface area contributed by atoms with E-state index in [4.69, 9.17) is 28.5 Å². The van der Waals surface area contributed by atoms with Crippen LogP contribution in [0.25, 0.3) is 5.57 Å². The summed E-state index contributed by atoms with van der Waals surface area (Å²) in [5.74, 6) is -0.835. The van der Waals surface area contributed by atoms with E-state index in [1.165, 1.54) is 23.1 Å². The van der Waals surface area contributed by atoms with Crippen LogP contribution < -0.4 is 16.8 Å². The second-order valence-corrected chi connectivity index (χ2v) is 9.80. The first-order valence-corrected chi connectivity index (χ1v) is 13.3. The van der Waals surface area contributed by atoms with E-state index in [0.29, 0.717) is 24.2 Å². The fraction of sp³-hybridized carbons (Fsp3) is 0.333. The Labute approximate surface area is 236 Å². The highest BCUT2D eigenvalue weighted by Crippen LogP contribution is 2.32. The van der Waals surface area contributed by atoms with Crippen molar-refractivity contribution in [2.75, 3.05) is 33.7 Å². The van der Waals surface area contributed by atoms with Crippen molar-refractivity contribution in [3.63, 3.8) is 0 Å². The van der Waals surface area contributed by atoms with E-state index in [-0.39, 0.29) is 22.3 Å². The molecule has 0 fully saturated rings. The topological polar surface area (TPSA) is 111 Å². The average molecular weight is 555 g/mol. The Bertz CT molecular complexity index is 1260. The third-order valence-electron chi connectivity index (χ3n) is 6.17. The number of amides is 1. The minimum atomic E-state index is -0.482. The Hall–Kier alpha value is -3.62. The number of nitrogens with one attached hydrogen (secondary N) is 2. The molecule has 0 atom stereocenters. The summed E-state index contributed by atoms with van der Waals surface area (Å²) in [6.45, 7) is 10.2. The Morgan fingerprint density at radius 1 is 1.26 bits per heavy atom. The molecule has 3 rings (SSSR count). The standard InChI is InChI=1S/C28H34ClFN6O.C2H6/c1-17(13-22-18(2)34-10-7-21(22)25(31)5-6-26(32)33)16-36-11-8-19(9-12-36)27-23(29)14-20(15-24(27)30)28(37)35(3)4;1-2/h5-8,10,13-15,34H,9,11-12,16,31H2,1-4H3,(H3,32,33);1-2H3/b6-5-,17-13+,25-21+;. The highest BCUT2D eigenvalue weighted by molar-refractivity contribution is 6.32. The van der Waals surface area contributed by atoms with Crippen molar-refractivity contribution in [2.45, 2.75) is 34.1 Å². The molecule has 7 nitrogen and oxygen atoms in total. The summed E-state index contributed by atoms with van der Waals surface area (Å²) in [5.41, 5.74) is 17.6. The summed E-state index contributed by atoms with van der Waals surface area (Å²) in [6, 6.07) is 2.79. The lowest BCUT2D eigenvalue weighted by atomic mass is 9.95. The Balaban J connectivity index is 0.00000260. The van der Waals surface area contributed by atoms with Crippen LogP contribution in [0.2, 0.25) is 5.02 Å².